The lowest BCUT2D eigenvalue weighted by Crippen LogP contribution is -2.00. The number of aromatic nitrogens is 2. The third kappa shape index (κ3) is 3.06. The van der Waals surface area contributed by atoms with E-state index in [1.807, 2.05) is 19.1 Å². The first-order valence-corrected chi connectivity index (χ1v) is 8.27. The first kappa shape index (κ1) is 16.6. The third-order valence-electron chi connectivity index (χ3n) is 4.23. The predicted molar refractivity (Wildman–Crippen MR) is 106 cm³/mol. The van der Waals surface area contributed by atoms with E-state index in [0.29, 0.717) is 34.2 Å². The lowest BCUT2D eigenvalue weighted by Gasteiger charge is -2.11. The molecular formula is C20H17N5O2. The van der Waals surface area contributed by atoms with Crippen LogP contribution in [0.4, 0.5) is 17.2 Å². The van der Waals surface area contributed by atoms with E-state index in [1.165, 1.54) is 6.21 Å². The molecule has 0 aliphatic rings. The highest BCUT2D eigenvalue weighted by molar-refractivity contribution is 5.93. The molecule has 0 aliphatic carbocycles. The molecule has 0 atom stereocenters. The van der Waals surface area contributed by atoms with E-state index < -0.39 is 0 Å². The number of nitrogen functional groups attached to an aromatic ring is 1. The Kier molecular flexibility index (Phi) is 3.97. The molecule has 0 aliphatic heterocycles. The minimum atomic E-state index is 0.135. The Morgan fingerprint density at radius 1 is 1.19 bits per heavy atom. The van der Waals surface area contributed by atoms with Crippen molar-refractivity contribution >= 4 is 34.5 Å². The van der Waals surface area contributed by atoms with E-state index in [1.54, 1.807) is 36.6 Å². The fourth-order valence-electron chi connectivity index (χ4n) is 2.86. The van der Waals surface area contributed by atoms with Crippen molar-refractivity contribution in [2.45, 2.75) is 6.92 Å². The van der Waals surface area contributed by atoms with Gasteiger partial charge in [-0.1, -0.05) is 12.1 Å². The molecule has 2 aromatic heterocycles. The first-order chi connectivity index (χ1) is 13.0. The Morgan fingerprint density at radius 3 is 2.81 bits per heavy atom. The summed E-state index contributed by atoms with van der Waals surface area (Å²) in [4.78, 5) is 9.11. The number of phenolic OH excluding ortho intramolecular Hbond substituents is 1. The van der Waals surface area contributed by atoms with E-state index in [0.717, 1.165) is 16.6 Å². The van der Waals surface area contributed by atoms with Gasteiger partial charge in [-0.2, -0.15) is 4.98 Å². The van der Waals surface area contributed by atoms with Crippen molar-refractivity contribution in [1.29, 1.82) is 5.41 Å². The van der Waals surface area contributed by atoms with Gasteiger partial charge in [0.2, 0.25) is 5.71 Å². The van der Waals surface area contributed by atoms with Crippen LogP contribution in [0.1, 0.15) is 11.1 Å². The van der Waals surface area contributed by atoms with Gasteiger partial charge in [0, 0.05) is 34.3 Å². The molecular weight excluding hydrogens is 342 g/mol. The molecule has 0 saturated heterocycles. The van der Waals surface area contributed by atoms with Crippen molar-refractivity contribution in [3.05, 3.63) is 59.9 Å². The van der Waals surface area contributed by atoms with Gasteiger partial charge in [-0.15, -0.1) is 0 Å². The zero-order valence-electron chi connectivity index (χ0n) is 14.5. The van der Waals surface area contributed by atoms with Crippen LogP contribution >= 0.6 is 0 Å². The second-order valence-electron chi connectivity index (χ2n) is 6.16. The number of hydrogen-bond acceptors (Lipinski definition) is 7. The Balaban J connectivity index is 1.85. The van der Waals surface area contributed by atoms with Crippen molar-refractivity contribution in [2.24, 2.45) is 0 Å². The summed E-state index contributed by atoms with van der Waals surface area (Å²) in [5.74, 6) is 1.14. The molecule has 7 heteroatoms. The molecule has 134 valence electrons. The van der Waals surface area contributed by atoms with Crippen LogP contribution < -0.4 is 11.1 Å². The van der Waals surface area contributed by atoms with Crippen LogP contribution in [0.15, 0.2) is 53.1 Å². The van der Waals surface area contributed by atoms with Crippen LogP contribution in [0.5, 0.6) is 5.75 Å². The third-order valence-corrected chi connectivity index (χ3v) is 4.23. The molecule has 0 amide bonds. The Labute approximate surface area is 155 Å². The number of nitrogens with one attached hydrogen (secondary N) is 2. The van der Waals surface area contributed by atoms with Gasteiger partial charge in [0.15, 0.2) is 5.82 Å². The minimum Gasteiger partial charge on any atom is -0.508 e. The highest BCUT2D eigenvalue weighted by Crippen LogP contribution is 2.32. The zero-order chi connectivity index (χ0) is 19.0. The largest absolute Gasteiger partial charge is 0.508 e. The molecule has 0 spiro atoms. The molecule has 27 heavy (non-hydrogen) atoms. The number of aryl methyl sites for hydroxylation is 1. The van der Waals surface area contributed by atoms with E-state index in [9.17, 15) is 5.11 Å². The Morgan fingerprint density at radius 2 is 2.04 bits per heavy atom. The maximum atomic E-state index is 9.75. The fraction of sp³-hybridized carbons (Fsp3) is 0.0500. The Hall–Kier alpha value is -3.87. The normalized spacial score (nSPS) is 10.9. The van der Waals surface area contributed by atoms with Gasteiger partial charge in [0.1, 0.15) is 11.6 Å². The average molecular weight is 359 g/mol. The van der Waals surface area contributed by atoms with Crippen LogP contribution in [-0.4, -0.2) is 21.3 Å². The van der Waals surface area contributed by atoms with Crippen LogP contribution in [0.3, 0.4) is 0 Å². The number of nitrogens with two attached hydrogens (primary N) is 1. The number of fused-ring (bicyclic) bond motifs is 1. The summed E-state index contributed by atoms with van der Waals surface area (Å²) < 4.78 is 5.57. The smallest absolute Gasteiger partial charge is 0.231 e. The van der Waals surface area contributed by atoms with Gasteiger partial charge in [0.25, 0.3) is 0 Å². The molecule has 4 aromatic rings. The lowest BCUT2D eigenvalue weighted by atomic mass is 10.1. The quantitative estimate of drug-likeness (QED) is 0.320. The predicted octanol–water partition coefficient (Wildman–Crippen LogP) is 4.23. The summed E-state index contributed by atoms with van der Waals surface area (Å²) >= 11 is 0. The summed E-state index contributed by atoms with van der Waals surface area (Å²) in [6.07, 6.45) is 2.83. The van der Waals surface area contributed by atoms with Crippen molar-refractivity contribution in [2.75, 3.05) is 11.1 Å². The van der Waals surface area contributed by atoms with E-state index in [-0.39, 0.29) is 5.75 Å². The highest BCUT2D eigenvalue weighted by atomic mass is 16.3. The summed E-state index contributed by atoms with van der Waals surface area (Å²) in [5.41, 5.74) is 9.77. The van der Waals surface area contributed by atoms with Crippen molar-refractivity contribution in [3.8, 4) is 17.1 Å². The molecule has 0 unspecified atom stereocenters. The Bertz CT molecular complexity index is 1170. The van der Waals surface area contributed by atoms with E-state index in [2.05, 4.69) is 15.3 Å². The fourth-order valence-corrected chi connectivity index (χ4v) is 2.86. The lowest BCUT2D eigenvalue weighted by molar-refractivity contribution is 0.475. The number of hydrogen-bond donors (Lipinski definition) is 4. The van der Waals surface area contributed by atoms with E-state index >= 15 is 0 Å². The second kappa shape index (κ2) is 6.45. The number of aromatic hydroxyl groups is 1. The second-order valence-corrected chi connectivity index (χ2v) is 6.16. The van der Waals surface area contributed by atoms with Crippen LogP contribution in [0, 0.1) is 12.3 Å². The van der Waals surface area contributed by atoms with Crippen molar-refractivity contribution < 1.29 is 9.52 Å². The molecule has 0 saturated carbocycles. The number of furan rings is 1. The molecule has 0 radical (unpaired) electrons. The van der Waals surface area contributed by atoms with Gasteiger partial charge < -0.3 is 26.0 Å². The van der Waals surface area contributed by atoms with Gasteiger partial charge in [-0.05, 0) is 37.3 Å². The number of anilines is 3. The number of phenols is 1. The summed E-state index contributed by atoms with van der Waals surface area (Å²) in [6.45, 7) is 1.92. The number of benzene rings is 2. The van der Waals surface area contributed by atoms with E-state index in [4.69, 9.17) is 15.6 Å². The van der Waals surface area contributed by atoms with Crippen LogP contribution in [0.25, 0.3) is 22.5 Å². The molecule has 2 heterocycles. The molecule has 0 fully saturated rings. The van der Waals surface area contributed by atoms with Gasteiger partial charge in [-0.25, -0.2) is 4.98 Å². The first-order valence-electron chi connectivity index (χ1n) is 8.27. The zero-order valence-corrected chi connectivity index (χ0v) is 14.5. The molecule has 0 bridgehead atoms. The van der Waals surface area contributed by atoms with Crippen LogP contribution in [0.2, 0.25) is 0 Å². The molecule has 4 rings (SSSR count). The van der Waals surface area contributed by atoms with Gasteiger partial charge in [-0.3, -0.25) is 0 Å². The highest BCUT2D eigenvalue weighted by Gasteiger charge is 2.15. The van der Waals surface area contributed by atoms with Crippen molar-refractivity contribution in [1.82, 2.24) is 9.97 Å². The maximum Gasteiger partial charge on any atom is 0.231 e. The summed E-state index contributed by atoms with van der Waals surface area (Å²) in [7, 11) is 0. The molecule has 5 N–H and O–H groups in total. The van der Waals surface area contributed by atoms with Crippen LogP contribution in [-0.2, 0) is 0 Å². The SMILES string of the molecule is Cc1coc2nc(-c3cccc(O)c3)nc(Nc3ccc(N)c(C=N)c3)c12. The summed E-state index contributed by atoms with van der Waals surface area (Å²) in [5, 5.41) is 21.3. The standard InChI is InChI=1S/C20H17N5O2/c1-11-10-27-20-17(11)19(23-14-5-6-16(22)13(7-14)9-21)24-18(25-20)12-3-2-4-15(26)8-12/h2-10,21,26H,22H2,1H3,(H,23,24,25). The minimum absolute atomic E-state index is 0.135. The van der Waals surface area contributed by atoms with Crippen molar-refractivity contribution in [3.63, 3.8) is 0 Å². The molecule has 2 aromatic carbocycles. The molecule has 7 nitrogen and oxygen atoms in total. The number of rotatable bonds is 4. The average Bonchev–Trinajstić information content (AvgIpc) is 3.04. The van der Waals surface area contributed by atoms with Gasteiger partial charge >= 0.3 is 0 Å². The maximum absolute atomic E-state index is 9.75. The monoisotopic (exact) mass is 359 g/mol. The topological polar surface area (TPSA) is 121 Å². The number of nitrogens with zero attached hydrogens (tertiary/aromatic N) is 2. The van der Waals surface area contributed by atoms with Gasteiger partial charge in [0.05, 0.1) is 11.6 Å². The summed E-state index contributed by atoms with van der Waals surface area (Å²) in [6, 6.07) is 12.1.